The van der Waals surface area contributed by atoms with Crippen LogP contribution in [0.3, 0.4) is 0 Å². The van der Waals surface area contributed by atoms with Crippen LogP contribution < -0.4 is 4.74 Å². The smallest absolute Gasteiger partial charge is 0.249 e. The molecule has 0 bridgehead atoms. The van der Waals surface area contributed by atoms with E-state index in [4.69, 9.17) is 14.1 Å². The first-order chi connectivity index (χ1) is 18.8. The lowest BCUT2D eigenvalue weighted by Crippen LogP contribution is -2.50. The third-order valence-corrected chi connectivity index (χ3v) is 7.85. The number of hydrogen-bond acceptors (Lipinski definition) is 6. The van der Waals surface area contributed by atoms with Crippen LogP contribution in [0.4, 0.5) is 0 Å². The largest absolute Gasteiger partial charge is 0.476 e. The summed E-state index contributed by atoms with van der Waals surface area (Å²) in [5, 5.41) is 0. The quantitative estimate of drug-likeness (QED) is 0.131. The molecule has 5 nitrogen and oxygen atoms in total. The van der Waals surface area contributed by atoms with Crippen LogP contribution in [0.5, 0.6) is 5.88 Å². The van der Waals surface area contributed by atoms with Crippen molar-refractivity contribution in [2.75, 3.05) is 19.7 Å². The van der Waals surface area contributed by atoms with Crippen molar-refractivity contribution in [1.29, 1.82) is 0 Å². The van der Waals surface area contributed by atoms with Gasteiger partial charge in [-0.25, -0.2) is 0 Å². The second kappa shape index (κ2) is 14.2. The van der Waals surface area contributed by atoms with Crippen molar-refractivity contribution in [2.45, 2.75) is 50.5 Å². The second-order valence-corrected chi connectivity index (χ2v) is 10.4. The standard InChI is InChI=1S/C32H36N4OS.ClH/c1-2-3-4-5-15-22-37-31-30(34-38-35-31)26-23-33-25-36(24-26)32(27-16-9-6-10-17-27,28-18-11-7-12-19-28)29-20-13-8-14-21-29;/h6-14,16-21,25-26H,2-5,15,22-24H2,1H3;1H. The lowest BCUT2D eigenvalue weighted by Gasteiger charge is -2.47. The van der Waals surface area contributed by atoms with E-state index in [0.29, 0.717) is 19.0 Å². The molecule has 2 heterocycles. The Morgan fingerprint density at radius 1 is 0.795 bits per heavy atom. The number of nitrogens with zero attached hydrogens (tertiary/aromatic N) is 4. The lowest BCUT2D eigenvalue weighted by atomic mass is 9.75. The lowest BCUT2D eigenvalue weighted by molar-refractivity contribution is 0.241. The molecule has 0 N–H and O–H groups in total. The Kier molecular flexibility index (Phi) is 10.5. The summed E-state index contributed by atoms with van der Waals surface area (Å²) < 4.78 is 15.4. The topological polar surface area (TPSA) is 50.6 Å². The Morgan fingerprint density at radius 3 is 1.92 bits per heavy atom. The minimum Gasteiger partial charge on any atom is -0.476 e. The molecule has 39 heavy (non-hydrogen) atoms. The Bertz CT molecular complexity index is 1190. The van der Waals surface area contributed by atoms with Crippen molar-refractivity contribution < 1.29 is 4.74 Å². The van der Waals surface area contributed by atoms with Crippen LogP contribution in [0.15, 0.2) is 96.0 Å². The van der Waals surface area contributed by atoms with E-state index < -0.39 is 5.54 Å². The fraction of sp³-hybridized carbons (Fsp3) is 0.344. The maximum absolute atomic E-state index is 6.15. The minimum absolute atomic E-state index is 0. The highest BCUT2D eigenvalue weighted by molar-refractivity contribution is 6.99. The highest BCUT2D eigenvalue weighted by Crippen LogP contribution is 2.44. The first-order valence-corrected chi connectivity index (χ1v) is 14.5. The average molecular weight is 561 g/mol. The molecule has 1 atom stereocenters. The summed E-state index contributed by atoms with van der Waals surface area (Å²) in [5.41, 5.74) is 3.97. The molecule has 1 unspecified atom stereocenters. The van der Waals surface area contributed by atoms with Gasteiger partial charge in [0.15, 0.2) is 0 Å². The third kappa shape index (κ3) is 6.34. The predicted octanol–water partition coefficient (Wildman–Crippen LogP) is 7.73. The van der Waals surface area contributed by atoms with Gasteiger partial charge in [0.05, 0.1) is 31.2 Å². The number of ether oxygens (including phenoxy) is 1. The van der Waals surface area contributed by atoms with Gasteiger partial charge in [0.1, 0.15) is 11.2 Å². The van der Waals surface area contributed by atoms with E-state index >= 15 is 0 Å². The third-order valence-electron chi connectivity index (χ3n) is 7.32. The molecule has 0 saturated carbocycles. The number of halogens is 1. The van der Waals surface area contributed by atoms with Crippen molar-refractivity contribution in [1.82, 2.24) is 13.6 Å². The monoisotopic (exact) mass is 560 g/mol. The van der Waals surface area contributed by atoms with E-state index in [9.17, 15) is 0 Å². The van der Waals surface area contributed by atoms with Crippen LogP contribution in [0.2, 0.25) is 0 Å². The molecule has 1 aliphatic rings. The molecule has 1 aliphatic heterocycles. The summed E-state index contributed by atoms with van der Waals surface area (Å²) in [6, 6.07) is 32.2. The van der Waals surface area contributed by atoms with E-state index in [2.05, 4.69) is 107 Å². The zero-order valence-electron chi connectivity index (χ0n) is 22.5. The fourth-order valence-corrected chi connectivity index (χ4v) is 6.03. The molecule has 0 saturated heterocycles. The average Bonchev–Trinajstić information content (AvgIpc) is 3.46. The van der Waals surface area contributed by atoms with Crippen LogP contribution in [0, 0.1) is 0 Å². The number of aliphatic imine (C=N–C) groups is 1. The molecule has 0 aliphatic carbocycles. The molecule has 0 amide bonds. The van der Waals surface area contributed by atoms with Crippen LogP contribution in [0.1, 0.15) is 67.3 Å². The van der Waals surface area contributed by atoms with Gasteiger partial charge in [-0.15, -0.1) is 16.8 Å². The zero-order chi connectivity index (χ0) is 26.0. The molecule has 0 spiro atoms. The Hall–Kier alpha value is -3.22. The van der Waals surface area contributed by atoms with Crippen LogP contribution in [0.25, 0.3) is 0 Å². The summed E-state index contributed by atoms with van der Waals surface area (Å²) in [5.74, 6) is 0.765. The highest BCUT2D eigenvalue weighted by atomic mass is 35.5. The van der Waals surface area contributed by atoms with Gasteiger partial charge < -0.3 is 9.64 Å². The van der Waals surface area contributed by atoms with Crippen molar-refractivity contribution in [3.63, 3.8) is 0 Å². The molecule has 204 valence electrons. The van der Waals surface area contributed by atoms with Gasteiger partial charge in [-0.1, -0.05) is 124 Å². The van der Waals surface area contributed by atoms with Gasteiger partial charge in [0.25, 0.3) is 0 Å². The predicted molar refractivity (Wildman–Crippen MR) is 163 cm³/mol. The molecule has 5 rings (SSSR count). The Labute approximate surface area is 242 Å². The molecule has 3 aromatic carbocycles. The van der Waals surface area contributed by atoms with Crippen LogP contribution >= 0.6 is 24.1 Å². The summed E-state index contributed by atoms with van der Waals surface area (Å²) in [6.07, 6.45) is 8.05. The summed E-state index contributed by atoms with van der Waals surface area (Å²) in [4.78, 5) is 7.28. The number of aromatic nitrogens is 2. The molecule has 0 fully saturated rings. The number of benzene rings is 3. The number of rotatable bonds is 12. The molecular weight excluding hydrogens is 524 g/mol. The van der Waals surface area contributed by atoms with E-state index in [1.165, 1.54) is 54.1 Å². The number of unbranched alkanes of at least 4 members (excludes halogenated alkanes) is 4. The van der Waals surface area contributed by atoms with Crippen molar-refractivity contribution in [3.8, 4) is 5.88 Å². The van der Waals surface area contributed by atoms with E-state index in [1.807, 2.05) is 6.34 Å². The fourth-order valence-electron chi connectivity index (χ4n) is 5.46. The van der Waals surface area contributed by atoms with Gasteiger partial charge in [-0.3, -0.25) is 4.99 Å². The first kappa shape index (κ1) is 28.8. The second-order valence-electron chi connectivity index (χ2n) is 9.86. The van der Waals surface area contributed by atoms with E-state index in [-0.39, 0.29) is 18.3 Å². The SMILES string of the molecule is CCCCCCCOc1nsnc1C1CN=CN(C(c2ccccc2)(c2ccccc2)c2ccccc2)C1.Cl. The molecule has 0 radical (unpaired) electrons. The van der Waals surface area contributed by atoms with Crippen molar-refractivity contribution >= 4 is 30.5 Å². The zero-order valence-corrected chi connectivity index (χ0v) is 24.1. The number of hydrogen-bond donors (Lipinski definition) is 0. The molecule has 7 heteroatoms. The van der Waals surface area contributed by atoms with E-state index in [1.54, 1.807) is 0 Å². The molecule has 4 aromatic rings. The van der Waals surface area contributed by atoms with Crippen molar-refractivity contribution in [3.05, 3.63) is 113 Å². The van der Waals surface area contributed by atoms with E-state index in [0.717, 1.165) is 18.7 Å². The molecule has 1 aromatic heterocycles. The van der Waals surface area contributed by atoms with Gasteiger partial charge in [-0.05, 0) is 23.1 Å². The summed E-state index contributed by atoms with van der Waals surface area (Å²) in [6.45, 7) is 4.34. The van der Waals surface area contributed by atoms with Crippen LogP contribution in [-0.4, -0.2) is 39.7 Å². The minimum atomic E-state index is -0.546. The first-order valence-electron chi connectivity index (χ1n) is 13.7. The summed E-state index contributed by atoms with van der Waals surface area (Å²) in [7, 11) is 0. The van der Waals surface area contributed by atoms with Crippen LogP contribution in [-0.2, 0) is 5.54 Å². The maximum Gasteiger partial charge on any atom is 0.249 e. The van der Waals surface area contributed by atoms with Crippen molar-refractivity contribution in [2.24, 2.45) is 4.99 Å². The van der Waals surface area contributed by atoms with Gasteiger partial charge in [0.2, 0.25) is 5.88 Å². The Balaban J connectivity index is 0.00000353. The van der Waals surface area contributed by atoms with Gasteiger partial charge in [0, 0.05) is 12.5 Å². The normalized spacial score (nSPS) is 15.1. The summed E-state index contributed by atoms with van der Waals surface area (Å²) >= 11 is 1.23. The maximum atomic E-state index is 6.15. The molecular formula is C32H37ClN4OS. The van der Waals surface area contributed by atoms with Gasteiger partial charge >= 0.3 is 0 Å². The Morgan fingerprint density at radius 2 is 1.36 bits per heavy atom. The highest BCUT2D eigenvalue weighted by Gasteiger charge is 2.43. The van der Waals surface area contributed by atoms with Gasteiger partial charge in [-0.2, -0.15) is 4.37 Å².